The summed E-state index contributed by atoms with van der Waals surface area (Å²) < 4.78 is 22.0. The van der Waals surface area contributed by atoms with Crippen molar-refractivity contribution in [3.8, 4) is 5.75 Å². The molecule has 0 radical (unpaired) electrons. The fraction of sp³-hybridized carbons (Fsp3) is 0.455. The number of benzene rings is 1. The standard InChI is InChI=1S/C11H16O4S/c1-11(13,7-8-16(2,14)15)9-3-5-10(12)6-4-9/h3-6,12-13H,7-8H2,1-2H3. The van der Waals surface area contributed by atoms with E-state index in [1.54, 1.807) is 19.1 Å². The summed E-state index contributed by atoms with van der Waals surface area (Å²) in [5, 5.41) is 19.2. The van der Waals surface area contributed by atoms with Gasteiger partial charge in [-0.3, -0.25) is 0 Å². The van der Waals surface area contributed by atoms with Crippen LogP contribution >= 0.6 is 0 Å². The van der Waals surface area contributed by atoms with Gasteiger partial charge >= 0.3 is 0 Å². The average molecular weight is 244 g/mol. The lowest BCUT2D eigenvalue weighted by molar-refractivity contribution is 0.0538. The molecule has 0 fully saturated rings. The van der Waals surface area contributed by atoms with E-state index >= 15 is 0 Å². The Kier molecular flexibility index (Phi) is 3.60. The third-order valence-electron chi connectivity index (χ3n) is 2.45. The van der Waals surface area contributed by atoms with Gasteiger partial charge in [0.1, 0.15) is 15.6 Å². The van der Waals surface area contributed by atoms with Gasteiger partial charge in [-0.15, -0.1) is 0 Å². The largest absolute Gasteiger partial charge is 0.508 e. The first kappa shape index (κ1) is 13.0. The predicted molar refractivity (Wildman–Crippen MR) is 62.0 cm³/mol. The van der Waals surface area contributed by atoms with Gasteiger partial charge in [-0.25, -0.2) is 8.42 Å². The Morgan fingerprint density at radius 2 is 1.75 bits per heavy atom. The number of phenols is 1. The Morgan fingerprint density at radius 3 is 2.19 bits per heavy atom. The summed E-state index contributed by atoms with van der Waals surface area (Å²) in [6.07, 6.45) is 1.27. The van der Waals surface area contributed by atoms with Crippen molar-refractivity contribution in [2.24, 2.45) is 0 Å². The zero-order valence-electron chi connectivity index (χ0n) is 9.34. The van der Waals surface area contributed by atoms with Crippen LogP contribution in [0, 0.1) is 0 Å². The first-order chi connectivity index (χ1) is 7.21. The molecule has 1 unspecified atom stereocenters. The zero-order chi connectivity index (χ0) is 12.4. The molecular formula is C11H16O4S. The molecule has 0 saturated carbocycles. The molecule has 0 heterocycles. The van der Waals surface area contributed by atoms with Gasteiger partial charge in [0.15, 0.2) is 0 Å². The smallest absolute Gasteiger partial charge is 0.147 e. The molecule has 1 atom stereocenters. The molecule has 1 aromatic rings. The minimum absolute atomic E-state index is 0.0686. The SMILES string of the molecule is CC(O)(CCS(C)(=O)=O)c1ccc(O)cc1. The number of phenolic OH excluding ortho intramolecular Hbond substituents is 1. The second-order valence-corrected chi connectivity index (χ2v) is 6.46. The molecule has 4 nitrogen and oxygen atoms in total. The molecule has 2 N–H and O–H groups in total. The van der Waals surface area contributed by atoms with Crippen LogP contribution in [-0.2, 0) is 15.4 Å². The van der Waals surface area contributed by atoms with Gasteiger partial charge in [0, 0.05) is 6.26 Å². The quantitative estimate of drug-likeness (QED) is 0.829. The molecule has 1 aromatic carbocycles. The monoisotopic (exact) mass is 244 g/mol. The fourth-order valence-corrected chi connectivity index (χ4v) is 2.12. The number of hydrogen-bond donors (Lipinski definition) is 2. The molecule has 0 aliphatic carbocycles. The number of rotatable bonds is 4. The van der Waals surface area contributed by atoms with E-state index in [4.69, 9.17) is 5.11 Å². The first-order valence-corrected chi connectivity index (χ1v) is 6.96. The maximum absolute atomic E-state index is 11.0. The van der Waals surface area contributed by atoms with Crippen molar-refractivity contribution >= 4 is 9.84 Å². The Balaban J connectivity index is 2.81. The molecule has 0 bridgehead atoms. The van der Waals surface area contributed by atoms with Crippen molar-refractivity contribution in [1.29, 1.82) is 0 Å². The Hall–Kier alpha value is -1.07. The molecule has 90 valence electrons. The van der Waals surface area contributed by atoms with E-state index in [2.05, 4.69) is 0 Å². The molecule has 1 rings (SSSR count). The number of aromatic hydroxyl groups is 1. The van der Waals surface area contributed by atoms with Crippen molar-refractivity contribution in [2.75, 3.05) is 12.0 Å². The number of aliphatic hydroxyl groups is 1. The van der Waals surface area contributed by atoms with Crippen molar-refractivity contribution in [1.82, 2.24) is 0 Å². The highest BCUT2D eigenvalue weighted by Gasteiger charge is 2.24. The summed E-state index contributed by atoms with van der Waals surface area (Å²) in [5.41, 5.74) is -0.606. The summed E-state index contributed by atoms with van der Waals surface area (Å²) in [5.74, 6) is 0.0450. The highest BCUT2D eigenvalue weighted by Crippen LogP contribution is 2.26. The van der Waals surface area contributed by atoms with Gasteiger partial charge in [-0.05, 0) is 31.0 Å². The molecular weight excluding hydrogens is 228 g/mol. The average Bonchev–Trinajstić information content (AvgIpc) is 2.15. The number of hydrogen-bond acceptors (Lipinski definition) is 4. The Bertz CT molecular complexity index is 445. The lowest BCUT2D eigenvalue weighted by Crippen LogP contribution is -2.24. The second-order valence-electron chi connectivity index (χ2n) is 4.20. The zero-order valence-corrected chi connectivity index (χ0v) is 10.2. The summed E-state index contributed by atoms with van der Waals surface area (Å²) >= 11 is 0. The Morgan fingerprint density at radius 1 is 1.25 bits per heavy atom. The van der Waals surface area contributed by atoms with Crippen molar-refractivity contribution in [2.45, 2.75) is 18.9 Å². The maximum atomic E-state index is 11.0. The van der Waals surface area contributed by atoms with Crippen LogP contribution in [0.1, 0.15) is 18.9 Å². The van der Waals surface area contributed by atoms with E-state index in [0.717, 1.165) is 6.26 Å². The second kappa shape index (κ2) is 4.43. The molecule has 0 spiro atoms. The van der Waals surface area contributed by atoms with Crippen LogP contribution in [0.4, 0.5) is 0 Å². The van der Waals surface area contributed by atoms with E-state index in [-0.39, 0.29) is 17.9 Å². The van der Waals surface area contributed by atoms with E-state index in [9.17, 15) is 13.5 Å². The lowest BCUT2D eigenvalue weighted by atomic mass is 9.93. The fourth-order valence-electron chi connectivity index (χ4n) is 1.35. The Labute approximate surface area is 95.5 Å². The van der Waals surface area contributed by atoms with Gasteiger partial charge in [0.2, 0.25) is 0 Å². The predicted octanol–water partition coefficient (Wildman–Crippen LogP) is 1.03. The van der Waals surface area contributed by atoms with Crippen LogP contribution in [0.25, 0.3) is 0 Å². The molecule has 5 heteroatoms. The van der Waals surface area contributed by atoms with E-state index < -0.39 is 15.4 Å². The molecule has 0 aliphatic heterocycles. The molecule has 0 saturated heterocycles. The minimum Gasteiger partial charge on any atom is -0.508 e. The van der Waals surface area contributed by atoms with Crippen LogP contribution in [0.2, 0.25) is 0 Å². The van der Waals surface area contributed by atoms with Crippen LogP contribution in [-0.4, -0.2) is 30.6 Å². The van der Waals surface area contributed by atoms with Gasteiger partial charge in [-0.1, -0.05) is 12.1 Å². The van der Waals surface area contributed by atoms with Crippen LogP contribution < -0.4 is 0 Å². The van der Waals surface area contributed by atoms with Crippen molar-refractivity contribution in [3.05, 3.63) is 29.8 Å². The third-order valence-corrected chi connectivity index (χ3v) is 3.39. The van der Waals surface area contributed by atoms with Crippen LogP contribution in [0.15, 0.2) is 24.3 Å². The van der Waals surface area contributed by atoms with E-state index in [0.29, 0.717) is 5.56 Å². The van der Waals surface area contributed by atoms with Crippen LogP contribution in [0.3, 0.4) is 0 Å². The van der Waals surface area contributed by atoms with Gasteiger partial charge in [0.05, 0.1) is 11.4 Å². The topological polar surface area (TPSA) is 74.6 Å². The first-order valence-electron chi connectivity index (χ1n) is 4.90. The van der Waals surface area contributed by atoms with Crippen molar-refractivity contribution in [3.63, 3.8) is 0 Å². The molecule has 16 heavy (non-hydrogen) atoms. The maximum Gasteiger partial charge on any atom is 0.147 e. The van der Waals surface area contributed by atoms with E-state index in [1.165, 1.54) is 12.1 Å². The highest BCUT2D eigenvalue weighted by atomic mass is 32.2. The van der Waals surface area contributed by atoms with Crippen molar-refractivity contribution < 1.29 is 18.6 Å². The highest BCUT2D eigenvalue weighted by molar-refractivity contribution is 7.90. The summed E-state index contributed by atoms with van der Waals surface area (Å²) in [7, 11) is -3.08. The summed E-state index contributed by atoms with van der Waals surface area (Å²) in [4.78, 5) is 0. The summed E-state index contributed by atoms with van der Waals surface area (Å²) in [6.45, 7) is 1.56. The lowest BCUT2D eigenvalue weighted by Gasteiger charge is -2.23. The minimum atomic E-state index is -3.08. The summed E-state index contributed by atoms with van der Waals surface area (Å²) in [6, 6.07) is 6.09. The number of sulfone groups is 1. The normalized spacial score (nSPS) is 15.7. The van der Waals surface area contributed by atoms with E-state index in [1.807, 2.05) is 0 Å². The van der Waals surface area contributed by atoms with Gasteiger partial charge in [0.25, 0.3) is 0 Å². The van der Waals surface area contributed by atoms with Gasteiger partial charge in [-0.2, -0.15) is 0 Å². The third kappa shape index (κ3) is 3.83. The molecule has 0 aromatic heterocycles. The van der Waals surface area contributed by atoms with Crippen LogP contribution in [0.5, 0.6) is 5.75 Å². The van der Waals surface area contributed by atoms with Gasteiger partial charge < -0.3 is 10.2 Å². The molecule has 0 aliphatic rings. The molecule has 0 amide bonds.